The molecule has 150 valence electrons. The first-order valence-electron chi connectivity index (χ1n) is 9.13. The molecule has 0 atom stereocenters. The highest BCUT2D eigenvalue weighted by molar-refractivity contribution is 7.98. The molecule has 0 aliphatic rings. The molecule has 3 aromatic heterocycles. The second-order valence-corrected chi connectivity index (χ2v) is 7.47. The molecule has 8 nitrogen and oxygen atoms in total. The summed E-state index contributed by atoms with van der Waals surface area (Å²) in [6, 6.07) is 12.7. The van der Waals surface area contributed by atoms with Crippen molar-refractivity contribution < 1.29 is 9.59 Å². The Morgan fingerprint density at radius 3 is 2.83 bits per heavy atom. The van der Waals surface area contributed by atoms with Crippen LogP contribution in [0.15, 0.2) is 66.1 Å². The average molecular weight is 418 g/mol. The van der Waals surface area contributed by atoms with E-state index in [2.05, 4.69) is 30.8 Å². The van der Waals surface area contributed by atoms with Crippen LogP contribution in [-0.4, -0.2) is 32.0 Å². The number of fused-ring (bicyclic) bond motifs is 1. The number of nitrogens with one attached hydrogen (secondary N) is 3. The molecule has 2 amide bonds. The lowest BCUT2D eigenvalue weighted by Gasteiger charge is -2.10. The number of aromatic amines is 1. The summed E-state index contributed by atoms with van der Waals surface area (Å²) in [5.74, 6) is 0.656. The van der Waals surface area contributed by atoms with Gasteiger partial charge in [-0.1, -0.05) is 0 Å². The number of hydrogen-bond acceptors (Lipinski definition) is 6. The van der Waals surface area contributed by atoms with Crippen LogP contribution in [0.3, 0.4) is 0 Å². The van der Waals surface area contributed by atoms with Gasteiger partial charge >= 0.3 is 0 Å². The predicted molar refractivity (Wildman–Crippen MR) is 116 cm³/mol. The molecule has 0 aliphatic heterocycles. The number of thioether (sulfide) groups is 1. The molecule has 0 spiro atoms. The van der Waals surface area contributed by atoms with Gasteiger partial charge in [-0.2, -0.15) is 5.10 Å². The minimum absolute atomic E-state index is 0.177. The van der Waals surface area contributed by atoms with E-state index in [-0.39, 0.29) is 11.8 Å². The van der Waals surface area contributed by atoms with Crippen LogP contribution in [0.5, 0.6) is 0 Å². The van der Waals surface area contributed by atoms with Crippen molar-refractivity contribution in [1.82, 2.24) is 20.2 Å². The van der Waals surface area contributed by atoms with E-state index < -0.39 is 0 Å². The summed E-state index contributed by atoms with van der Waals surface area (Å²) in [7, 11) is 0. The Bertz CT molecular complexity index is 1220. The van der Waals surface area contributed by atoms with Crippen molar-refractivity contribution in [3.05, 3.63) is 72.2 Å². The molecule has 0 unspecified atom stereocenters. The van der Waals surface area contributed by atoms with Gasteiger partial charge in [-0.3, -0.25) is 14.7 Å². The summed E-state index contributed by atoms with van der Waals surface area (Å²) in [6.07, 6.45) is 5.02. The summed E-state index contributed by atoms with van der Waals surface area (Å²) >= 11 is 1.44. The van der Waals surface area contributed by atoms with Crippen LogP contribution in [0.2, 0.25) is 0 Å². The summed E-state index contributed by atoms with van der Waals surface area (Å²) in [5, 5.41) is 14.1. The number of benzene rings is 1. The van der Waals surface area contributed by atoms with Gasteiger partial charge in [0.2, 0.25) is 5.91 Å². The predicted octanol–water partition coefficient (Wildman–Crippen LogP) is 3.86. The zero-order valence-electron chi connectivity index (χ0n) is 16.0. The quantitative estimate of drug-likeness (QED) is 0.410. The maximum Gasteiger partial charge on any atom is 0.258 e. The smallest absolute Gasteiger partial charge is 0.258 e. The Labute approximate surface area is 176 Å². The van der Waals surface area contributed by atoms with Gasteiger partial charge < -0.3 is 10.6 Å². The van der Waals surface area contributed by atoms with Gasteiger partial charge in [-0.05, 0) is 48.0 Å². The van der Waals surface area contributed by atoms with Crippen molar-refractivity contribution >= 4 is 46.0 Å². The number of rotatable bonds is 6. The van der Waals surface area contributed by atoms with Gasteiger partial charge in [0.25, 0.3) is 5.91 Å². The van der Waals surface area contributed by atoms with Crippen LogP contribution in [0.4, 0.5) is 11.5 Å². The Morgan fingerprint density at radius 1 is 1.07 bits per heavy atom. The highest BCUT2D eigenvalue weighted by atomic mass is 32.2. The minimum atomic E-state index is -0.238. The van der Waals surface area contributed by atoms with Crippen molar-refractivity contribution in [3.8, 4) is 0 Å². The number of pyridine rings is 2. The van der Waals surface area contributed by atoms with Crippen molar-refractivity contribution in [3.63, 3.8) is 0 Å². The van der Waals surface area contributed by atoms with Gasteiger partial charge in [0.05, 0.1) is 17.3 Å². The number of nitrogens with zero attached hydrogens (tertiary/aromatic N) is 3. The van der Waals surface area contributed by atoms with E-state index in [0.29, 0.717) is 27.8 Å². The van der Waals surface area contributed by atoms with E-state index in [0.717, 1.165) is 16.5 Å². The lowest BCUT2D eigenvalue weighted by Crippen LogP contribution is -2.13. The first kappa shape index (κ1) is 19.6. The van der Waals surface area contributed by atoms with Crippen LogP contribution in [0.25, 0.3) is 10.9 Å². The highest BCUT2D eigenvalue weighted by Gasteiger charge is 2.14. The molecule has 4 rings (SSSR count). The van der Waals surface area contributed by atoms with Gasteiger partial charge in [-0.25, -0.2) is 9.97 Å². The molecule has 0 saturated carbocycles. The summed E-state index contributed by atoms with van der Waals surface area (Å²) in [6.45, 7) is 1.44. The lowest BCUT2D eigenvalue weighted by atomic mass is 10.2. The number of anilines is 2. The maximum atomic E-state index is 12.8. The van der Waals surface area contributed by atoms with E-state index in [9.17, 15) is 9.59 Å². The van der Waals surface area contributed by atoms with E-state index in [1.807, 2.05) is 24.3 Å². The van der Waals surface area contributed by atoms with Gasteiger partial charge in [0, 0.05) is 36.1 Å². The molecule has 0 radical (unpaired) electrons. The Balaban J connectivity index is 1.48. The molecular weight excluding hydrogens is 400 g/mol. The number of carbonyl (C=O) groups excluding carboxylic acids is 2. The molecule has 0 fully saturated rings. The van der Waals surface area contributed by atoms with E-state index in [4.69, 9.17) is 0 Å². The third-order valence-electron chi connectivity index (χ3n) is 4.22. The van der Waals surface area contributed by atoms with E-state index in [1.54, 1.807) is 36.8 Å². The summed E-state index contributed by atoms with van der Waals surface area (Å²) in [5.41, 5.74) is 2.97. The minimum Gasteiger partial charge on any atom is -0.322 e. The Hall–Kier alpha value is -3.72. The number of amides is 2. The molecule has 3 N–H and O–H groups in total. The zero-order chi connectivity index (χ0) is 20.9. The molecule has 30 heavy (non-hydrogen) atoms. The van der Waals surface area contributed by atoms with Crippen LogP contribution in [0.1, 0.15) is 22.8 Å². The van der Waals surface area contributed by atoms with Crippen molar-refractivity contribution in [2.24, 2.45) is 0 Å². The summed E-state index contributed by atoms with van der Waals surface area (Å²) < 4.78 is 0. The molecule has 3 heterocycles. The van der Waals surface area contributed by atoms with Gasteiger partial charge in [0.15, 0.2) is 0 Å². The second kappa shape index (κ2) is 8.75. The fraction of sp³-hybridized carbons (Fsp3) is 0.0952. The fourth-order valence-corrected chi connectivity index (χ4v) is 3.79. The SMILES string of the molecule is CC(=O)Nc1cc(CSc2ncccc2C(=O)Nc2ccc3cn[nH]c3c2)ccn1. The molecule has 0 saturated heterocycles. The van der Waals surface area contributed by atoms with Crippen LogP contribution in [0, 0.1) is 0 Å². The maximum absolute atomic E-state index is 12.8. The van der Waals surface area contributed by atoms with Gasteiger partial charge in [-0.15, -0.1) is 11.8 Å². The van der Waals surface area contributed by atoms with Crippen LogP contribution < -0.4 is 10.6 Å². The zero-order valence-corrected chi connectivity index (χ0v) is 16.9. The molecule has 0 aliphatic carbocycles. The van der Waals surface area contributed by atoms with Crippen molar-refractivity contribution in [2.45, 2.75) is 17.7 Å². The second-order valence-electron chi connectivity index (χ2n) is 6.50. The van der Waals surface area contributed by atoms with Crippen molar-refractivity contribution in [2.75, 3.05) is 10.6 Å². The third-order valence-corrected chi connectivity index (χ3v) is 5.30. The van der Waals surface area contributed by atoms with Crippen molar-refractivity contribution in [1.29, 1.82) is 0 Å². The fourth-order valence-electron chi connectivity index (χ4n) is 2.86. The number of hydrogen-bond donors (Lipinski definition) is 3. The number of H-pyrrole nitrogens is 1. The Kier molecular flexibility index (Phi) is 5.71. The van der Waals surface area contributed by atoms with E-state index in [1.165, 1.54) is 18.7 Å². The Morgan fingerprint density at radius 2 is 1.97 bits per heavy atom. The summed E-state index contributed by atoms with van der Waals surface area (Å²) in [4.78, 5) is 32.5. The van der Waals surface area contributed by atoms with E-state index >= 15 is 0 Å². The van der Waals surface area contributed by atoms with Gasteiger partial charge in [0.1, 0.15) is 10.8 Å². The molecule has 0 bridgehead atoms. The molecule has 4 aromatic rings. The topological polar surface area (TPSA) is 113 Å². The highest BCUT2D eigenvalue weighted by Crippen LogP contribution is 2.26. The average Bonchev–Trinajstić information content (AvgIpc) is 3.20. The molecule has 9 heteroatoms. The first-order chi connectivity index (χ1) is 14.6. The van der Waals surface area contributed by atoms with Crippen LogP contribution >= 0.6 is 11.8 Å². The molecular formula is C21H18N6O2S. The normalized spacial score (nSPS) is 10.7. The number of aromatic nitrogens is 4. The van der Waals surface area contributed by atoms with Crippen LogP contribution in [-0.2, 0) is 10.5 Å². The third kappa shape index (κ3) is 4.64. The first-order valence-corrected chi connectivity index (χ1v) is 10.1. The lowest BCUT2D eigenvalue weighted by molar-refractivity contribution is -0.114. The monoisotopic (exact) mass is 418 g/mol. The largest absolute Gasteiger partial charge is 0.322 e. The number of carbonyl (C=O) groups is 2. The standard InChI is InChI=1S/C21H18N6O2S/c1-13(28)25-19-9-14(6-8-22-19)12-30-21-17(3-2-7-23-21)20(29)26-16-5-4-15-11-24-27-18(15)10-16/h2-11H,12H2,1H3,(H,24,27)(H,26,29)(H,22,25,28). The molecule has 1 aromatic carbocycles.